The maximum absolute atomic E-state index is 12.7. The van der Waals surface area contributed by atoms with Crippen LogP contribution in [0.1, 0.15) is 5.56 Å². The average Bonchev–Trinajstić information content (AvgIpc) is 2.75. The molecule has 4 rings (SSSR count). The van der Waals surface area contributed by atoms with Gasteiger partial charge in [-0.15, -0.1) is 0 Å². The zero-order valence-corrected chi connectivity index (χ0v) is 15.9. The molecule has 8 nitrogen and oxygen atoms in total. The van der Waals surface area contributed by atoms with E-state index in [1.54, 1.807) is 24.3 Å². The molecule has 0 amide bonds. The van der Waals surface area contributed by atoms with Crippen molar-refractivity contribution in [2.75, 3.05) is 0 Å². The Hall–Kier alpha value is -3.94. The number of rotatable bonds is 4. The molecule has 0 radical (unpaired) electrons. The molecule has 4 aromatic rings. The second-order valence-electron chi connectivity index (χ2n) is 6.62. The molecule has 1 N–H and O–H groups in total. The van der Waals surface area contributed by atoms with Crippen molar-refractivity contribution < 1.29 is 4.74 Å². The summed E-state index contributed by atoms with van der Waals surface area (Å²) in [4.78, 5) is 43.3. The van der Waals surface area contributed by atoms with Gasteiger partial charge >= 0.3 is 11.4 Å². The fourth-order valence-electron chi connectivity index (χ4n) is 3.15. The average molecular weight is 390 g/mol. The van der Waals surface area contributed by atoms with Gasteiger partial charge in [-0.3, -0.25) is 13.9 Å². The molecule has 0 fully saturated rings. The normalized spacial score (nSPS) is 11.0. The van der Waals surface area contributed by atoms with E-state index in [0.29, 0.717) is 23.6 Å². The smallest absolute Gasteiger partial charge is 0.347 e. The van der Waals surface area contributed by atoms with Crippen molar-refractivity contribution in [2.45, 2.75) is 6.61 Å². The Labute approximate surface area is 164 Å². The maximum atomic E-state index is 12.7. The molecule has 2 aromatic carbocycles. The molecule has 0 aliphatic rings. The first-order valence-corrected chi connectivity index (χ1v) is 8.93. The van der Waals surface area contributed by atoms with Crippen LogP contribution in [0.4, 0.5) is 0 Å². The molecule has 0 saturated carbocycles. The molecule has 0 aliphatic carbocycles. The van der Waals surface area contributed by atoms with Gasteiger partial charge in [0.15, 0.2) is 5.65 Å². The van der Waals surface area contributed by atoms with Gasteiger partial charge < -0.3 is 9.72 Å². The molecule has 0 unspecified atom stereocenters. The van der Waals surface area contributed by atoms with E-state index in [0.717, 1.165) is 10.1 Å². The standard InChI is InChI=1S/C21H18N4O4/c1-24-18-16(19(26)25(2)21(24)28)17(22-20(27)23-18)14-8-10-15(11-9-14)29-12-13-6-4-3-5-7-13/h3-11H,12H2,1-2H3,(H,22,23,27). The highest BCUT2D eigenvalue weighted by atomic mass is 16.5. The summed E-state index contributed by atoms with van der Waals surface area (Å²) < 4.78 is 7.95. The lowest BCUT2D eigenvalue weighted by Gasteiger charge is -2.11. The van der Waals surface area contributed by atoms with Gasteiger partial charge in [0, 0.05) is 14.1 Å². The molecular weight excluding hydrogens is 372 g/mol. The van der Waals surface area contributed by atoms with Crippen molar-refractivity contribution in [1.82, 2.24) is 19.1 Å². The number of aryl methyl sites for hydroxylation is 1. The van der Waals surface area contributed by atoms with Crippen LogP contribution < -0.4 is 21.7 Å². The number of ether oxygens (including phenoxy) is 1. The summed E-state index contributed by atoms with van der Waals surface area (Å²) in [6.45, 7) is 0.428. The Kier molecular flexibility index (Phi) is 4.59. The van der Waals surface area contributed by atoms with Gasteiger partial charge in [-0.25, -0.2) is 9.59 Å². The summed E-state index contributed by atoms with van der Waals surface area (Å²) >= 11 is 0. The number of aromatic nitrogens is 4. The Bertz CT molecular complexity index is 1370. The zero-order chi connectivity index (χ0) is 20.5. The van der Waals surface area contributed by atoms with E-state index in [1.165, 1.54) is 18.7 Å². The molecule has 0 aliphatic heterocycles. The number of H-pyrrole nitrogens is 1. The Morgan fingerprint density at radius 1 is 0.931 bits per heavy atom. The van der Waals surface area contributed by atoms with E-state index in [4.69, 9.17) is 4.74 Å². The van der Waals surface area contributed by atoms with Crippen molar-refractivity contribution in [3.8, 4) is 17.0 Å². The Morgan fingerprint density at radius 2 is 1.62 bits per heavy atom. The second kappa shape index (κ2) is 7.23. The van der Waals surface area contributed by atoms with Gasteiger partial charge in [-0.05, 0) is 35.4 Å². The molecule has 0 bridgehead atoms. The minimum absolute atomic E-state index is 0.0428. The van der Waals surface area contributed by atoms with Gasteiger partial charge in [0.25, 0.3) is 5.56 Å². The fraction of sp³-hybridized carbons (Fsp3) is 0.143. The summed E-state index contributed by atoms with van der Waals surface area (Å²) in [5.74, 6) is 0.651. The number of hydrogen-bond acceptors (Lipinski definition) is 5. The van der Waals surface area contributed by atoms with Crippen molar-refractivity contribution in [3.05, 3.63) is 91.5 Å². The van der Waals surface area contributed by atoms with E-state index in [2.05, 4.69) is 9.97 Å². The SMILES string of the molecule is Cn1c(=O)c2c(-c3ccc(OCc4ccccc4)cc3)[nH]c(=O)nc2n(C)c1=O. The third-order valence-electron chi connectivity index (χ3n) is 4.71. The number of nitrogens with one attached hydrogen (secondary N) is 1. The minimum atomic E-state index is -0.639. The van der Waals surface area contributed by atoms with Crippen LogP contribution >= 0.6 is 0 Å². The van der Waals surface area contributed by atoms with E-state index >= 15 is 0 Å². The van der Waals surface area contributed by atoms with Crippen LogP contribution in [-0.4, -0.2) is 19.1 Å². The molecule has 0 spiro atoms. The predicted octanol–water partition coefficient (Wildman–Crippen LogP) is 1.57. The number of nitrogens with zero attached hydrogens (tertiary/aromatic N) is 3. The van der Waals surface area contributed by atoms with Crippen molar-refractivity contribution >= 4 is 11.0 Å². The highest BCUT2D eigenvalue weighted by molar-refractivity contribution is 5.89. The number of aromatic amines is 1. The van der Waals surface area contributed by atoms with Crippen LogP contribution in [0, 0.1) is 0 Å². The third kappa shape index (κ3) is 3.36. The molecule has 8 heteroatoms. The first kappa shape index (κ1) is 18.4. The van der Waals surface area contributed by atoms with E-state index in [1.807, 2.05) is 30.3 Å². The molecular formula is C21H18N4O4. The monoisotopic (exact) mass is 390 g/mol. The number of hydrogen-bond donors (Lipinski definition) is 1. The summed E-state index contributed by atoms with van der Waals surface area (Å²) in [5.41, 5.74) is 0.303. The quantitative estimate of drug-likeness (QED) is 0.570. The first-order valence-electron chi connectivity index (χ1n) is 8.93. The molecule has 29 heavy (non-hydrogen) atoms. The summed E-state index contributed by atoms with van der Waals surface area (Å²) in [7, 11) is 2.86. The molecule has 2 heterocycles. The van der Waals surface area contributed by atoms with Gasteiger partial charge in [-0.2, -0.15) is 4.98 Å². The second-order valence-corrected chi connectivity index (χ2v) is 6.62. The Morgan fingerprint density at radius 3 is 2.31 bits per heavy atom. The summed E-state index contributed by atoms with van der Waals surface area (Å²) in [6.07, 6.45) is 0. The minimum Gasteiger partial charge on any atom is -0.489 e. The van der Waals surface area contributed by atoms with Gasteiger partial charge in [0.05, 0.1) is 5.69 Å². The lowest BCUT2D eigenvalue weighted by atomic mass is 10.1. The zero-order valence-electron chi connectivity index (χ0n) is 15.9. The highest BCUT2D eigenvalue weighted by Crippen LogP contribution is 2.24. The number of benzene rings is 2. The van der Waals surface area contributed by atoms with Crippen LogP contribution in [0.5, 0.6) is 5.75 Å². The van der Waals surface area contributed by atoms with E-state index in [-0.39, 0.29) is 11.0 Å². The summed E-state index contributed by atoms with van der Waals surface area (Å²) in [5, 5.41) is 0.173. The lowest BCUT2D eigenvalue weighted by molar-refractivity contribution is 0.306. The fourth-order valence-corrected chi connectivity index (χ4v) is 3.15. The van der Waals surface area contributed by atoms with Crippen molar-refractivity contribution in [2.24, 2.45) is 14.1 Å². The van der Waals surface area contributed by atoms with Crippen molar-refractivity contribution in [3.63, 3.8) is 0 Å². The van der Waals surface area contributed by atoms with Gasteiger partial charge in [-0.1, -0.05) is 30.3 Å². The molecule has 146 valence electrons. The van der Waals surface area contributed by atoms with E-state index in [9.17, 15) is 14.4 Å². The van der Waals surface area contributed by atoms with Gasteiger partial charge in [0.1, 0.15) is 17.7 Å². The first-order chi connectivity index (χ1) is 14.0. The topological polar surface area (TPSA) is 99.0 Å². The Balaban J connectivity index is 1.76. The highest BCUT2D eigenvalue weighted by Gasteiger charge is 2.16. The number of fused-ring (bicyclic) bond motifs is 1. The molecule has 2 aromatic heterocycles. The maximum Gasteiger partial charge on any atom is 0.347 e. The molecule has 0 atom stereocenters. The van der Waals surface area contributed by atoms with E-state index < -0.39 is 16.9 Å². The summed E-state index contributed by atoms with van der Waals surface area (Å²) in [6, 6.07) is 16.8. The lowest BCUT2D eigenvalue weighted by Crippen LogP contribution is -2.38. The third-order valence-corrected chi connectivity index (χ3v) is 4.71. The van der Waals surface area contributed by atoms with Crippen LogP contribution in [0.2, 0.25) is 0 Å². The van der Waals surface area contributed by atoms with Crippen LogP contribution in [0.25, 0.3) is 22.3 Å². The molecule has 0 saturated heterocycles. The predicted molar refractivity (Wildman–Crippen MR) is 109 cm³/mol. The van der Waals surface area contributed by atoms with Gasteiger partial charge in [0.2, 0.25) is 0 Å². The van der Waals surface area contributed by atoms with Crippen LogP contribution in [0.15, 0.2) is 69.0 Å². The van der Waals surface area contributed by atoms with Crippen molar-refractivity contribution in [1.29, 1.82) is 0 Å². The van der Waals surface area contributed by atoms with Crippen LogP contribution in [-0.2, 0) is 20.7 Å². The largest absolute Gasteiger partial charge is 0.489 e. The van der Waals surface area contributed by atoms with Crippen LogP contribution in [0.3, 0.4) is 0 Å².